The molecule has 180 valence electrons. The van der Waals surface area contributed by atoms with Gasteiger partial charge in [0.25, 0.3) is 0 Å². The van der Waals surface area contributed by atoms with E-state index in [1.54, 1.807) is 0 Å². The van der Waals surface area contributed by atoms with Gasteiger partial charge in [-0.2, -0.15) is 0 Å². The first-order chi connectivity index (χ1) is 17.6. The normalized spacial score (nSPS) is 11.8. The van der Waals surface area contributed by atoms with E-state index in [-0.39, 0.29) is 0 Å². The second-order valence-electron chi connectivity index (χ2n) is 9.15. The Morgan fingerprint density at radius 2 is 1.50 bits per heavy atom. The first kappa shape index (κ1) is 23.5. The molecular formula is C31H25Br2NO2. The Kier molecular flexibility index (Phi) is 6.44. The van der Waals surface area contributed by atoms with Gasteiger partial charge in [0.15, 0.2) is 5.58 Å². The average Bonchev–Trinajstić information content (AvgIpc) is 3.34. The van der Waals surface area contributed by atoms with Crippen LogP contribution in [0.3, 0.4) is 0 Å². The minimum absolute atomic E-state index is 0.583. The van der Waals surface area contributed by atoms with E-state index in [9.17, 15) is 0 Å². The Morgan fingerprint density at radius 3 is 2.31 bits per heavy atom. The molecule has 6 rings (SSSR count). The SMILES string of the molecule is CCCCCCOc1ccc2ccccc2c1-c1nc2c3cc(Br)ccc3c3ccc(Br)cc3c2o1. The highest BCUT2D eigenvalue weighted by Gasteiger charge is 2.21. The van der Waals surface area contributed by atoms with Crippen molar-refractivity contribution in [3.05, 3.63) is 81.7 Å². The van der Waals surface area contributed by atoms with Gasteiger partial charge in [-0.3, -0.25) is 0 Å². The molecule has 0 saturated heterocycles. The van der Waals surface area contributed by atoms with Crippen molar-refractivity contribution < 1.29 is 9.15 Å². The van der Waals surface area contributed by atoms with Gasteiger partial charge in [-0.1, -0.05) is 101 Å². The average molecular weight is 603 g/mol. The Hall–Kier alpha value is -2.89. The van der Waals surface area contributed by atoms with Crippen LogP contribution < -0.4 is 4.74 Å². The largest absolute Gasteiger partial charge is 0.493 e. The van der Waals surface area contributed by atoms with E-state index >= 15 is 0 Å². The predicted molar refractivity (Wildman–Crippen MR) is 157 cm³/mol. The molecule has 0 radical (unpaired) electrons. The maximum absolute atomic E-state index is 6.64. The molecule has 0 bridgehead atoms. The number of hydrogen-bond acceptors (Lipinski definition) is 3. The lowest BCUT2D eigenvalue weighted by Gasteiger charge is -2.12. The van der Waals surface area contributed by atoms with Crippen molar-refractivity contribution in [3.63, 3.8) is 0 Å². The number of hydrogen-bond donors (Lipinski definition) is 0. The first-order valence-electron chi connectivity index (χ1n) is 12.4. The zero-order chi connectivity index (χ0) is 24.6. The summed E-state index contributed by atoms with van der Waals surface area (Å²) >= 11 is 7.30. The third-order valence-electron chi connectivity index (χ3n) is 6.74. The Balaban J connectivity index is 1.60. The van der Waals surface area contributed by atoms with Gasteiger partial charge in [0, 0.05) is 19.7 Å². The fourth-order valence-corrected chi connectivity index (χ4v) is 5.70. The second-order valence-corrected chi connectivity index (χ2v) is 11.0. The molecule has 0 aliphatic carbocycles. The monoisotopic (exact) mass is 601 g/mol. The van der Waals surface area contributed by atoms with E-state index in [4.69, 9.17) is 14.1 Å². The van der Waals surface area contributed by atoms with Crippen LogP contribution in [0.15, 0.2) is 86.2 Å². The van der Waals surface area contributed by atoms with Gasteiger partial charge in [0.2, 0.25) is 5.89 Å². The number of oxazole rings is 1. The summed E-state index contributed by atoms with van der Waals surface area (Å²) in [7, 11) is 0. The lowest BCUT2D eigenvalue weighted by Crippen LogP contribution is -1.99. The standard InChI is InChI=1S/C31H25Br2NO2/c1-2-3-4-7-16-35-27-15-10-19-8-5-6-9-22(19)28(27)31-34-29-25-17-20(32)11-13-23(25)24-14-12-21(33)18-26(24)30(29)36-31/h5-6,8-15,17-18H,2-4,7,16H2,1H3. The van der Waals surface area contributed by atoms with Crippen molar-refractivity contribution in [1.82, 2.24) is 4.98 Å². The molecule has 6 aromatic rings. The summed E-state index contributed by atoms with van der Waals surface area (Å²) < 4.78 is 15.0. The second kappa shape index (κ2) is 9.87. The molecule has 0 N–H and O–H groups in total. The summed E-state index contributed by atoms with van der Waals surface area (Å²) in [5, 5.41) is 6.60. The molecule has 5 heteroatoms. The Bertz CT molecular complexity index is 1660. The maximum atomic E-state index is 6.64. The predicted octanol–water partition coefficient (Wildman–Crippen LogP) is 10.4. The quantitative estimate of drug-likeness (QED) is 0.135. The summed E-state index contributed by atoms with van der Waals surface area (Å²) in [5.41, 5.74) is 2.55. The van der Waals surface area contributed by atoms with Gasteiger partial charge in [0.05, 0.1) is 12.2 Å². The summed E-state index contributed by atoms with van der Waals surface area (Å²) in [6, 6.07) is 25.2. The summed E-state index contributed by atoms with van der Waals surface area (Å²) in [6.45, 7) is 2.90. The molecule has 0 aliphatic heterocycles. The van der Waals surface area contributed by atoms with Crippen molar-refractivity contribution in [3.8, 4) is 17.2 Å². The molecule has 0 unspecified atom stereocenters. The van der Waals surface area contributed by atoms with Crippen LogP contribution in [0.2, 0.25) is 0 Å². The zero-order valence-electron chi connectivity index (χ0n) is 20.0. The highest BCUT2D eigenvalue weighted by molar-refractivity contribution is 9.10. The van der Waals surface area contributed by atoms with Crippen LogP contribution in [-0.4, -0.2) is 11.6 Å². The van der Waals surface area contributed by atoms with Crippen LogP contribution in [-0.2, 0) is 0 Å². The molecule has 0 amide bonds. The van der Waals surface area contributed by atoms with E-state index < -0.39 is 0 Å². The summed E-state index contributed by atoms with van der Waals surface area (Å²) in [4.78, 5) is 5.12. The summed E-state index contributed by atoms with van der Waals surface area (Å²) in [6.07, 6.45) is 4.64. The van der Waals surface area contributed by atoms with Crippen molar-refractivity contribution in [2.24, 2.45) is 0 Å². The first-order valence-corrected chi connectivity index (χ1v) is 14.0. The van der Waals surface area contributed by atoms with Crippen LogP contribution in [0.5, 0.6) is 5.75 Å². The molecule has 0 atom stereocenters. The number of ether oxygens (including phenoxy) is 1. The molecule has 0 spiro atoms. The number of nitrogens with zero attached hydrogens (tertiary/aromatic N) is 1. The molecule has 5 aromatic carbocycles. The number of fused-ring (bicyclic) bond motifs is 7. The van der Waals surface area contributed by atoms with Gasteiger partial charge in [0.1, 0.15) is 11.3 Å². The summed E-state index contributed by atoms with van der Waals surface area (Å²) in [5.74, 6) is 1.40. The lowest BCUT2D eigenvalue weighted by atomic mass is 10.0. The molecule has 0 fully saturated rings. The van der Waals surface area contributed by atoms with Crippen LogP contribution >= 0.6 is 31.9 Å². The number of rotatable bonds is 7. The van der Waals surface area contributed by atoms with Gasteiger partial charge in [-0.15, -0.1) is 0 Å². The molecule has 36 heavy (non-hydrogen) atoms. The number of halogens is 2. The lowest BCUT2D eigenvalue weighted by molar-refractivity contribution is 0.306. The molecule has 3 nitrogen and oxygen atoms in total. The van der Waals surface area contributed by atoms with Crippen LogP contribution in [0.1, 0.15) is 32.6 Å². The fraction of sp³-hybridized carbons (Fsp3) is 0.194. The third kappa shape index (κ3) is 4.18. The van der Waals surface area contributed by atoms with E-state index in [0.29, 0.717) is 12.5 Å². The molecular weight excluding hydrogens is 578 g/mol. The fourth-order valence-electron chi connectivity index (χ4n) is 4.98. The number of aromatic nitrogens is 1. The smallest absolute Gasteiger partial charge is 0.231 e. The van der Waals surface area contributed by atoms with Gasteiger partial charge in [-0.25, -0.2) is 4.98 Å². The third-order valence-corrected chi connectivity index (χ3v) is 7.73. The molecule has 1 heterocycles. The molecule has 1 aromatic heterocycles. The van der Waals surface area contributed by atoms with Crippen molar-refractivity contribution in [2.75, 3.05) is 6.61 Å². The van der Waals surface area contributed by atoms with Gasteiger partial charge >= 0.3 is 0 Å². The Morgan fingerprint density at radius 1 is 0.750 bits per heavy atom. The van der Waals surface area contributed by atoms with Crippen molar-refractivity contribution in [2.45, 2.75) is 32.6 Å². The number of benzene rings is 5. The van der Waals surface area contributed by atoms with E-state index in [1.165, 1.54) is 19.3 Å². The van der Waals surface area contributed by atoms with Gasteiger partial charge < -0.3 is 9.15 Å². The van der Waals surface area contributed by atoms with Crippen molar-refractivity contribution >= 4 is 75.3 Å². The van der Waals surface area contributed by atoms with Gasteiger partial charge in [-0.05, 0) is 58.3 Å². The van der Waals surface area contributed by atoms with Crippen LogP contribution in [0, 0.1) is 0 Å². The highest BCUT2D eigenvalue weighted by Crippen LogP contribution is 2.43. The minimum Gasteiger partial charge on any atom is -0.493 e. The van der Waals surface area contributed by atoms with Crippen LogP contribution in [0.25, 0.3) is 54.9 Å². The molecule has 0 aliphatic rings. The maximum Gasteiger partial charge on any atom is 0.231 e. The highest BCUT2D eigenvalue weighted by atomic mass is 79.9. The zero-order valence-corrected chi connectivity index (χ0v) is 23.2. The topological polar surface area (TPSA) is 35.3 Å². The number of unbranched alkanes of at least 4 members (excludes halogenated alkanes) is 3. The van der Waals surface area contributed by atoms with E-state index in [2.05, 4.69) is 112 Å². The molecule has 0 saturated carbocycles. The van der Waals surface area contributed by atoms with Crippen LogP contribution in [0.4, 0.5) is 0 Å². The van der Waals surface area contributed by atoms with E-state index in [1.807, 2.05) is 0 Å². The van der Waals surface area contributed by atoms with Crippen molar-refractivity contribution in [1.29, 1.82) is 0 Å². The minimum atomic E-state index is 0.583. The Labute approximate surface area is 226 Å². The van der Waals surface area contributed by atoms with E-state index in [0.717, 1.165) is 70.1 Å².